The molecular formula is C24H30N4O3S2. The maximum absolute atomic E-state index is 13.4. The van der Waals surface area contributed by atoms with Crippen LogP contribution >= 0.6 is 24.0 Å². The van der Waals surface area contributed by atoms with E-state index in [1.807, 2.05) is 12.1 Å². The number of ether oxygens (including phenoxy) is 1. The van der Waals surface area contributed by atoms with Gasteiger partial charge in [0.2, 0.25) is 0 Å². The number of unbranched alkanes of at least 4 members (excludes halogenated alkanes) is 1. The van der Waals surface area contributed by atoms with E-state index in [1.54, 1.807) is 23.2 Å². The van der Waals surface area contributed by atoms with E-state index < -0.39 is 0 Å². The highest BCUT2D eigenvalue weighted by Crippen LogP contribution is 2.34. The second-order valence-electron chi connectivity index (χ2n) is 8.39. The Morgan fingerprint density at radius 1 is 1.24 bits per heavy atom. The van der Waals surface area contributed by atoms with Crippen LogP contribution in [0.3, 0.4) is 0 Å². The zero-order valence-corrected chi connectivity index (χ0v) is 20.8. The van der Waals surface area contributed by atoms with E-state index in [2.05, 4.69) is 18.7 Å². The summed E-state index contributed by atoms with van der Waals surface area (Å²) >= 11 is 6.83. The zero-order valence-electron chi connectivity index (χ0n) is 19.2. The molecule has 4 heterocycles. The number of rotatable bonds is 8. The van der Waals surface area contributed by atoms with Gasteiger partial charge in [0.25, 0.3) is 11.5 Å². The summed E-state index contributed by atoms with van der Waals surface area (Å²) < 4.78 is 7.56. The van der Waals surface area contributed by atoms with Crippen molar-refractivity contribution >= 4 is 51.7 Å². The molecule has 0 radical (unpaired) electrons. The van der Waals surface area contributed by atoms with Crippen molar-refractivity contribution in [2.75, 3.05) is 37.7 Å². The number of morpholine rings is 1. The van der Waals surface area contributed by atoms with Gasteiger partial charge in [0.1, 0.15) is 15.8 Å². The fraction of sp³-hybridized carbons (Fsp3) is 0.500. The second kappa shape index (κ2) is 10.8. The number of pyridine rings is 1. The number of hydrogen-bond acceptors (Lipinski definition) is 7. The van der Waals surface area contributed by atoms with E-state index in [-0.39, 0.29) is 11.5 Å². The van der Waals surface area contributed by atoms with Crippen LogP contribution in [0.5, 0.6) is 0 Å². The van der Waals surface area contributed by atoms with Crippen molar-refractivity contribution in [1.29, 1.82) is 0 Å². The molecule has 2 aliphatic heterocycles. The van der Waals surface area contributed by atoms with E-state index in [9.17, 15) is 9.59 Å². The van der Waals surface area contributed by atoms with Gasteiger partial charge in [-0.25, -0.2) is 4.98 Å². The summed E-state index contributed by atoms with van der Waals surface area (Å²) in [5.41, 5.74) is 0.802. The highest BCUT2D eigenvalue weighted by Gasteiger charge is 2.34. The number of fused-ring (bicyclic) bond motifs is 1. The first kappa shape index (κ1) is 23.9. The van der Waals surface area contributed by atoms with Gasteiger partial charge in [0, 0.05) is 25.8 Å². The molecule has 0 saturated carbocycles. The maximum Gasteiger partial charge on any atom is 0.267 e. The molecule has 2 saturated heterocycles. The van der Waals surface area contributed by atoms with Gasteiger partial charge >= 0.3 is 0 Å². The molecule has 2 aliphatic rings. The first-order chi connectivity index (χ1) is 16.0. The summed E-state index contributed by atoms with van der Waals surface area (Å²) in [6, 6.07) is 5.48. The molecule has 0 bridgehead atoms. The number of thiocarbonyl (C=S) groups is 1. The molecule has 0 aromatic carbocycles. The molecule has 1 unspecified atom stereocenters. The Balaban J connectivity index is 1.70. The molecule has 33 heavy (non-hydrogen) atoms. The van der Waals surface area contributed by atoms with Gasteiger partial charge in [-0.3, -0.25) is 18.9 Å². The summed E-state index contributed by atoms with van der Waals surface area (Å²) in [7, 11) is 0. The van der Waals surface area contributed by atoms with Crippen LogP contribution in [0.2, 0.25) is 0 Å². The number of amides is 1. The Morgan fingerprint density at radius 2 is 2.03 bits per heavy atom. The van der Waals surface area contributed by atoms with Gasteiger partial charge in [-0.15, -0.1) is 0 Å². The number of thioether (sulfide) groups is 1. The monoisotopic (exact) mass is 486 g/mol. The fourth-order valence-corrected chi connectivity index (χ4v) is 5.45. The number of aromatic nitrogens is 2. The minimum absolute atomic E-state index is 0.120. The van der Waals surface area contributed by atoms with Crippen molar-refractivity contribution in [2.45, 2.75) is 39.5 Å². The number of carbonyl (C=O) groups excluding carboxylic acids is 1. The summed E-state index contributed by atoms with van der Waals surface area (Å²) in [5.74, 6) is 0.892. The minimum Gasteiger partial charge on any atom is -0.378 e. The Morgan fingerprint density at radius 3 is 2.76 bits per heavy atom. The molecule has 7 nitrogen and oxygen atoms in total. The summed E-state index contributed by atoms with van der Waals surface area (Å²) in [6.45, 7) is 7.41. The lowest BCUT2D eigenvalue weighted by Crippen LogP contribution is -2.38. The van der Waals surface area contributed by atoms with E-state index in [0.29, 0.717) is 65.0 Å². The number of anilines is 1. The van der Waals surface area contributed by atoms with Gasteiger partial charge in [0.15, 0.2) is 0 Å². The lowest BCUT2D eigenvalue weighted by atomic mass is 9.99. The normalized spacial score (nSPS) is 19.2. The van der Waals surface area contributed by atoms with Crippen LogP contribution < -0.4 is 10.5 Å². The summed E-state index contributed by atoms with van der Waals surface area (Å²) in [6.07, 6.45) is 7.76. The van der Waals surface area contributed by atoms with Gasteiger partial charge in [-0.1, -0.05) is 63.2 Å². The van der Waals surface area contributed by atoms with Crippen LogP contribution in [-0.4, -0.2) is 57.4 Å². The molecule has 1 amide bonds. The third kappa shape index (κ3) is 5.15. The van der Waals surface area contributed by atoms with Gasteiger partial charge in [-0.05, 0) is 30.5 Å². The third-order valence-electron chi connectivity index (χ3n) is 6.19. The van der Waals surface area contributed by atoms with Crippen molar-refractivity contribution in [2.24, 2.45) is 5.92 Å². The number of carbonyl (C=O) groups is 1. The average Bonchev–Trinajstić information content (AvgIpc) is 3.11. The first-order valence-electron chi connectivity index (χ1n) is 11.6. The zero-order chi connectivity index (χ0) is 23.4. The van der Waals surface area contributed by atoms with Crippen LogP contribution in [-0.2, 0) is 9.53 Å². The maximum atomic E-state index is 13.4. The predicted molar refractivity (Wildman–Crippen MR) is 138 cm³/mol. The van der Waals surface area contributed by atoms with Crippen LogP contribution in [0.4, 0.5) is 5.82 Å². The quantitative estimate of drug-likeness (QED) is 0.413. The van der Waals surface area contributed by atoms with Gasteiger partial charge in [0.05, 0.1) is 23.7 Å². The molecule has 176 valence electrons. The second-order valence-corrected chi connectivity index (χ2v) is 10.1. The molecule has 4 rings (SSSR count). The average molecular weight is 487 g/mol. The van der Waals surface area contributed by atoms with Crippen LogP contribution in [0, 0.1) is 5.92 Å². The third-order valence-corrected chi connectivity index (χ3v) is 7.57. The standard InChI is InChI=1S/C24H30N4O3S2/c1-3-5-8-17(4-2)16-28-23(30)19(33-24(28)32)15-18-21(26-11-13-31-14-12-26)25-20-9-6-7-10-27(20)22(18)29/h6-7,9-10,15,17H,3-5,8,11-14,16H2,1-2H3. The molecule has 2 aromatic heterocycles. The Kier molecular flexibility index (Phi) is 7.82. The Bertz CT molecular complexity index is 1120. The first-order valence-corrected chi connectivity index (χ1v) is 12.8. The van der Waals surface area contributed by atoms with Gasteiger partial charge < -0.3 is 9.64 Å². The van der Waals surface area contributed by atoms with Crippen LogP contribution in [0.15, 0.2) is 34.1 Å². The van der Waals surface area contributed by atoms with Crippen molar-refractivity contribution in [1.82, 2.24) is 14.3 Å². The largest absolute Gasteiger partial charge is 0.378 e. The van der Waals surface area contributed by atoms with Crippen molar-refractivity contribution < 1.29 is 9.53 Å². The van der Waals surface area contributed by atoms with Crippen molar-refractivity contribution in [3.63, 3.8) is 0 Å². The van der Waals surface area contributed by atoms with Crippen molar-refractivity contribution in [3.8, 4) is 0 Å². The van der Waals surface area contributed by atoms with E-state index in [0.717, 1.165) is 25.7 Å². The summed E-state index contributed by atoms with van der Waals surface area (Å²) in [5, 5.41) is 0. The van der Waals surface area contributed by atoms with Crippen molar-refractivity contribution in [3.05, 3.63) is 45.2 Å². The highest BCUT2D eigenvalue weighted by atomic mass is 32.2. The molecule has 2 fully saturated rings. The fourth-order valence-electron chi connectivity index (χ4n) is 4.20. The molecular weight excluding hydrogens is 456 g/mol. The smallest absolute Gasteiger partial charge is 0.267 e. The van der Waals surface area contributed by atoms with Crippen LogP contribution in [0.25, 0.3) is 11.7 Å². The van der Waals surface area contributed by atoms with E-state index in [4.69, 9.17) is 21.9 Å². The SMILES string of the molecule is CCCCC(CC)CN1C(=O)C(=Cc2c(N3CCOCC3)nc3ccccn3c2=O)SC1=S. The highest BCUT2D eigenvalue weighted by molar-refractivity contribution is 8.26. The van der Waals surface area contributed by atoms with E-state index >= 15 is 0 Å². The lowest BCUT2D eigenvalue weighted by Gasteiger charge is -2.29. The molecule has 1 atom stereocenters. The van der Waals surface area contributed by atoms with E-state index in [1.165, 1.54) is 16.2 Å². The van der Waals surface area contributed by atoms with Crippen LogP contribution in [0.1, 0.15) is 45.1 Å². The molecule has 0 N–H and O–H groups in total. The Labute approximate surface area is 203 Å². The topological polar surface area (TPSA) is 67.2 Å². The minimum atomic E-state index is -0.193. The number of nitrogens with zero attached hydrogens (tertiary/aromatic N) is 4. The Hall–Kier alpha value is -2.23. The summed E-state index contributed by atoms with van der Waals surface area (Å²) in [4.78, 5) is 35.8. The number of hydrogen-bond donors (Lipinski definition) is 0. The lowest BCUT2D eigenvalue weighted by molar-refractivity contribution is -0.122. The van der Waals surface area contributed by atoms with Gasteiger partial charge in [-0.2, -0.15) is 0 Å². The molecule has 2 aromatic rings. The molecule has 0 aliphatic carbocycles. The molecule has 9 heteroatoms. The predicted octanol–water partition coefficient (Wildman–Crippen LogP) is 3.95. The molecule has 0 spiro atoms.